The molecular weight excluding hydrogens is 108 g/mol. The topological polar surface area (TPSA) is 0 Å². The first-order valence-electron chi connectivity index (χ1n) is 3.03. The molecule has 49 valence electrons. The van der Waals surface area contributed by atoms with Gasteiger partial charge in [0.1, 0.15) is 0 Å². The van der Waals surface area contributed by atoms with E-state index in [2.05, 4.69) is 13.8 Å². The molecule has 0 nitrogen and oxygen atoms in total. The van der Waals surface area contributed by atoms with Gasteiger partial charge in [-0.15, -0.1) is 0 Å². The zero-order valence-corrected chi connectivity index (χ0v) is 6.31. The van der Waals surface area contributed by atoms with Crippen molar-refractivity contribution in [3.05, 3.63) is 36.0 Å². The predicted octanol–water partition coefficient (Wildman–Crippen LogP) is 2.89. The van der Waals surface area contributed by atoms with Crippen LogP contribution in [0.4, 0.5) is 0 Å². The van der Waals surface area contributed by atoms with Crippen LogP contribution < -0.4 is 0 Å². The number of hydrogen-bond donors (Lipinski definition) is 0. The maximum atomic E-state index is 5.38. The summed E-state index contributed by atoms with van der Waals surface area (Å²) in [6.45, 7) is 11.4. The molecule has 1 radical (unpaired) electrons. The Bertz CT molecular complexity index is 143. The van der Waals surface area contributed by atoms with Gasteiger partial charge in [0.05, 0.1) is 0 Å². The van der Waals surface area contributed by atoms with Gasteiger partial charge in [-0.3, -0.25) is 0 Å². The highest BCUT2D eigenvalue weighted by Gasteiger charge is 1.71. The van der Waals surface area contributed by atoms with E-state index < -0.39 is 0 Å². The lowest BCUT2D eigenvalue weighted by Gasteiger charge is -1.82. The Morgan fingerprint density at radius 3 is 2.11 bits per heavy atom. The number of hydrogen-bond acceptors (Lipinski definition) is 0. The molecule has 0 rings (SSSR count). The summed E-state index contributed by atoms with van der Waals surface area (Å²) in [7, 11) is 0. The summed E-state index contributed by atoms with van der Waals surface area (Å²) < 4.78 is 0. The van der Waals surface area contributed by atoms with Crippen LogP contribution in [0.5, 0.6) is 0 Å². The van der Waals surface area contributed by atoms with E-state index in [1.54, 1.807) is 0 Å². The van der Waals surface area contributed by atoms with Crippen molar-refractivity contribution in [2.45, 2.75) is 20.8 Å². The van der Waals surface area contributed by atoms with Gasteiger partial charge in [0.2, 0.25) is 0 Å². The third kappa shape index (κ3) is 7.22. The summed E-state index contributed by atoms with van der Waals surface area (Å²) in [5, 5.41) is 0. The van der Waals surface area contributed by atoms with Crippen molar-refractivity contribution >= 4 is 0 Å². The van der Waals surface area contributed by atoms with Gasteiger partial charge in [-0.05, 0) is 20.8 Å². The first-order valence-corrected chi connectivity index (χ1v) is 3.03. The molecule has 0 aromatic heterocycles. The average Bonchev–Trinajstić information content (AvgIpc) is 1.63. The molecule has 0 heteroatoms. The maximum absolute atomic E-state index is 5.38. The Morgan fingerprint density at radius 1 is 1.22 bits per heavy atom. The van der Waals surface area contributed by atoms with Gasteiger partial charge < -0.3 is 0 Å². The largest absolute Gasteiger partial charge is 0.0764 e. The predicted molar refractivity (Wildman–Crippen MR) is 42.1 cm³/mol. The molecule has 0 aromatic rings. The molecule has 0 heterocycles. The first kappa shape index (κ1) is 8.22. The highest BCUT2D eigenvalue weighted by atomic mass is 13.8. The zero-order chi connectivity index (χ0) is 7.28. The second-order valence-electron chi connectivity index (χ2n) is 2.35. The number of allylic oxidation sites excluding steroid dienone is 5. The van der Waals surface area contributed by atoms with Gasteiger partial charge in [0, 0.05) is 0 Å². The van der Waals surface area contributed by atoms with E-state index in [1.165, 1.54) is 5.57 Å². The summed E-state index contributed by atoms with van der Waals surface area (Å²) in [4.78, 5) is 0. The first-order chi connectivity index (χ1) is 4.13. The Hall–Kier alpha value is -0.780. The summed E-state index contributed by atoms with van der Waals surface area (Å²) in [5.41, 5.74) is 2.13. The maximum Gasteiger partial charge on any atom is -0.0398 e. The van der Waals surface area contributed by atoms with Gasteiger partial charge in [-0.2, -0.15) is 0 Å². The molecule has 0 N–H and O–H groups in total. The Kier molecular flexibility index (Phi) is 3.78. The smallest absolute Gasteiger partial charge is 0.0398 e. The summed E-state index contributed by atoms with van der Waals surface area (Å²) in [6, 6.07) is 0. The molecule has 0 fully saturated rings. The highest BCUT2D eigenvalue weighted by Crippen LogP contribution is 1.92. The molecule has 0 bridgehead atoms. The molecular formula is C9H13. The summed E-state index contributed by atoms with van der Waals surface area (Å²) >= 11 is 0. The van der Waals surface area contributed by atoms with E-state index in [1.807, 2.05) is 25.2 Å². The van der Waals surface area contributed by atoms with Gasteiger partial charge in [-0.1, -0.05) is 36.0 Å². The van der Waals surface area contributed by atoms with E-state index in [4.69, 9.17) is 6.58 Å². The molecule has 0 aliphatic carbocycles. The van der Waals surface area contributed by atoms with Crippen molar-refractivity contribution in [1.29, 1.82) is 0 Å². The number of rotatable bonds is 2. The molecule has 0 aliphatic heterocycles. The van der Waals surface area contributed by atoms with Crippen LogP contribution in [0.15, 0.2) is 29.4 Å². The standard InChI is InChI=1S/C9H13/c1-8(2)6-5-7-9(3)4/h1,5-7H,2-4H3/b6-5+,8-1?. The molecule has 0 aliphatic rings. The normalized spacial score (nSPS) is 9.67. The lowest BCUT2D eigenvalue weighted by Crippen LogP contribution is -1.61. The van der Waals surface area contributed by atoms with Crippen LogP contribution in [-0.4, -0.2) is 0 Å². The minimum absolute atomic E-state index is 0.840. The van der Waals surface area contributed by atoms with Crippen molar-refractivity contribution in [1.82, 2.24) is 0 Å². The minimum atomic E-state index is 0.840. The lowest BCUT2D eigenvalue weighted by atomic mass is 10.2. The fourth-order valence-corrected chi connectivity index (χ4v) is 0.392. The molecule has 0 saturated carbocycles. The summed E-state index contributed by atoms with van der Waals surface area (Å²) in [6.07, 6.45) is 5.86. The van der Waals surface area contributed by atoms with Gasteiger partial charge in [0.15, 0.2) is 0 Å². The SMILES string of the molecule is [CH]=C(C)/C=C/C=C(C)C. The molecule has 0 aromatic carbocycles. The quantitative estimate of drug-likeness (QED) is 0.493. The van der Waals surface area contributed by atoms with Crippen LogP contribution in [0.2, 0.25) is 0 Å². The van der Waals surface area contributed by atoms with Crippen LogP contribution in [0, 0.1) is 6.58 Å². The minimum Gasteiger partial charge on any atom is -0.0764 e. The van der Waals surface area contributed by atoms with Crippen molar-refractivity contribution < 1.29 is 0 Å². The lowest BCUT2D eigenvalue weighted by molar-refractivity contribution is 1.39. The van der Waals surface area contributed by atoms with Crippen LogP contribution in [0.3, 0.4) is 0 Å². The van der Waals surface area contributed by atoms with E-state index in [0.29, 0.717) is 0 Å². The third-order valence-corrected chi connectivity index (χ3v) is 0.789. The van der Waals surface area contributed by atoms with Crippen molar-refractivity contribution in [2.75, 3.05) is 0 Å². The average molecular weight is 121 g/mol. The van der Waals surface area contributed by atoms with Crippen LogP contribution in [-0.2, 0) is 0 Å². The summed E-state index contributed by atoms with van der Waals surface area (Å²) in [5.74, 6) is 0. The van der Waals surface area contributed by atoms with E-state index >= 15 is 0 Å². The second kappa shape index (κ2) is 4.13. The van der Waals surface area contributed by atoms with Gasteiger partial charge in [-0.25, -0.2) is 0 Å². The van der Waals surface area contributed by atoms with Gasteiger partial charge >= 0.3 is 0 Å². The van der Waals surface area contributed by atoms with E-state index in [0.717, 1.165) is 5.57 Å². The van der Waals surface area contributed by atoms with Gasteiger partial charge in [0.25, 0.3) is 0 Å². The van der Waals surface area contributed by atoms with Crippen molar-refractivity contribution in [3.63, 3.8) is 0 Å². The molecule has 0 saturated heterocycles. The van der Waals surface area contributed by atoms with Crippen LogP contribution in [0.25, 0.3) is 0 Å². The fraction of sp³-hybridized carbons (Fsp3) is 0.333. The van der Waals surface area contributed by atoms with Crippen molar-refractivity contribution in [2.24, 2.45) is 0 Å². The highest BCUT2D eigenvalue weighted by molar-refractivity contribution is 5.17. The molecule has 0 unspecified atom stereocenters. The fourth-order valence-electron chi connectivity index (χ4n) is 0.392. The zero-order valence-electron chi connectivity index (χ0n) is 6.31. The second-order valence-corrected chi connectivity index (χ2v) is 2.35. The van der Waals surface area contributed by atoms with E-state index in [-0.39, 0.29) is 0 Å². The third-order valence-electron chi connectivity index (χ3n) is 0.789. The Labute approximate surface area is 57.6 Å². The Morgan fingerprint density at radius 2 is 1.78 bits per heavy atom. The Balaban J connectivity index is 3.74. The van der Waals surface area contributed by atoms with E-state index in [9.17, 15) is 0 Å². The monoisotopic (exact) mass is 121 g/mol. The molecule has 0 spiro atoms. The van der Waals surface area contributed by atoms with Crippen molar-refractivity contribution in [3.8, 4) is 0 Å². The molecule has 0 amide bonds. The molecule has 9 heavy (non-hydrogen) atoms. The molecule has 0 atom stereocenters. The van der Waals surface area contributed by atoms with Crippen LogP contribution >= 0.6 is 0 Å². The van der Waals surface area contributed by atoms with Crippen LogP contribution in [0.1, 0.15) is 20.8 Å².